The van der Waals surface area contributed by atoms with Gasteiger partial charge in [0, 0.05) is 53.5 Å². The molecule has 4 rings (SSSR count). The number of carbonyl (C=O) groups excluding carboxylic acids is 3. The lowest BCUT2D eigenvalue weighted by Gasteiger charge is -2.38. The smallest absolute Gasteiger partial charge is 0.305 e. The Hall–Kier alpha value is -3.31. The summed E-state index contributed by atoms with van der Waals surface area (Å²) in [6.45, 7) is 8.46. The number of fused-ring (bicyclic) bond motifs is 1. The van der Waals surface area contributed by atoms with Gasteiger partial charge in [-0.05, 0) is 23.8 Å². The molecule has 0 N–H and O–H groups in total. The van der Waals surface area contributed by atoms with Gasteiger partial charge in [-0.3, -0.25) is 24.2 Å². The average molecular weight is 491 g/mol. The molecule has 0 aromatic heterocycles. The number of benzene rings is 1. The number of nitrogens with zero attached hydrogens (tertiary/aromatic N) is 2. The van der Waals surface area contributed by atoms with Crippen molar-refractivity contribution < 1.29 is 42.8 Å². The van der Waals surface area contributed by atoms with Crippen LogP contribution in [0.4, 0.5) is 0 Å². The Balaban J connectivity index is 1.36. The molecule has 1 aromatic rings. The number of carbonyl (C=O) groups is 3. The summed E-state index contributed by atoms with van der Waals surface area (Å²) >= 11 is 0. The first-order valence-electron chi connectivity index (χ1n) is 11.5. The summed E-state index contributed by atoms with van der Waals surface area (Å²) in [5, 5.41) is 0. The van der Waals surface area contributed by atoms with Gasteiger partial charge < -0.3 is 28.4 Å². The van der Waals surface area contributed by atoms with Crippen LogP contribution in [0.3, 0.4) is 0 Å². The second-order valence-corrected chi connectivity index (χ2v) is 8.62. The van der Waals surface area contributed by atoms with Crippen LogP contribution in [0.1, 0.15) is 26.3 Å². The van der Waals surface area contributed by atoms with E-state index in [-0.39, 0.29) is 6.79 Å². The molecule has 1 fully saturated rings. The van der Waals surface area contributed by atoms with Gasteiger partial charge in [-0.1, -0.05) is 6.07 Å². The Morgan fingerprint density at radius 3 is 2.14 bits per heavy atom. The predicted octanol–water partition coefficient (Wildman–Crippen LogP) is 1.20. The van der Waals surface area contributed by atoms with E-state index in [2.05, 4.69) is 9.80 Å². The van der Waals surface area contributed by atoms with Gasteiger partial charge in [-0.15, -0.1) is 0 Å². The molecular formula is C24H30N2O9. The van der Waals surface area contributed by atoms with E-state index in [4.69, 9.17) is 28.4 Å². The topological polar surface area (TPSA) is 113 Å². The Morgan fingerprint density at radius 2 is 1.49 bits per heavy atom. The largest absolute Gasteiger partial charge is 0.454 e. The first-order valence-corrected chi connectivity index (χ1v) is 11.5. The van der Waals surface area contributed by atoms with Gasteiger partial charge in [-0.2, -0.15) is 0 Å². The summed E-state index contributed by atoms with van der Waals surface area (Å²) in [5.74, 6) is 0.266. The highest BCUT2D eigenvalue weighted by Crippen LogP contribution is 2.33. The summed E-state index contributed by atoms with van der Waals surface area (Å²) in [6.07, 6.45) is -1.64. The molecule has 0 aliphatic carbocycles. The van der Waals surface area contributed by atoms with Crippen LogP contribution in [0.2, 0.25) is 0 Å². The molecule has 11 heteroatoms. The standard InChI is InChI=1S/C24H30N2O9/c1-15(27)32-22-11-19(35-24(34-17(3)29)23(22)33-16(2)28)13-26-8-6-25(7-9-26)12-18-4-5-20-21(10-18)31-14-30-20/h4-5,10-11,22-24H,6-9,12-14H2,1-3H3/t22-,23+,24+/m0/s1. The maximum atomic E-state index is 11.6. The molecular weight excluding hydrogens is 460 g/mol. The Morgan fingerprint density at radius 1 is 0.857 bits per heavy atom. The lowest BCUT2D eigenvalue weighted by molar-refractivity contribution is -0.222. The van der Waals surface area contributed by atoms with E-state index in [1.54, 1.807) is 6.08 Å². The van der Waals surface area contributed by atoms with Crippen molar-refractivity contribution in [1.82, 2.24) is 9.80 Å². The van der Waals surface area contributed by atoms with E-state index >= 15 is 0 Å². The third kappa shape index (κ3) is 6.64. The maximum absolute atomic E-state index is 11.6. The Bertz CT molecular complexity index is 987. The normalized spacial score (nSPS) is 24.2. The Kier molecular flexibility index (Phi) is 7.76. The molecule has 0 spiro atoms. The molecule has 11 nitrogen and oxygen atoms in total. The fourth-order valence-corrected chi connectivity index (χ4v) is 4.26. The van der Waals surface area contributed by atoms with E-state index in [1.165, 1.54) is 20.8 Å². The summed E-state index contributed by atoms with van der Waals surface area (Å²) in [7, 11) is 0. The molecule has 3 heterocycles. The predicted molar refractivity (Wildman–Crippen MR) is 120 cm³/mol. The highest BCUT2D eigenvalue weighted by Gasteiger charge is 2.42. The SMILES string of the molecule is CC(=O)O[C@@H]1OC(CN2CCN(Cc3ccc4c(c3)OCO4)CC2)=C[C@H](OC(C)=O)[C@H]1OC(C)=O. The minimum absolute atomic E-state index is 0.258. The lowest BCUT2D eigenvalue weighted by atomic mass is 10.1. The third-order valence-electron chi connectivity index (χ3n) is 5.78. The second kappa shape index (κ2) is 11.0. The van der Waals surface area contributed by atoms with Crippen molar-refractivity contribution >= 4 is 17.9 Å². The molecule has 1 saturated heterocycles. The van der Waals surface area contributed by atoms with Crippen molar-refractivity contribution in [3.63, 3.8) is 0 Å². The molecule has 0 radical (unpaired) electrons. The fourth-order valence-electron chi connectivity index (χ4n) is 4.26. The van der Waals surface area contributed by atoms with E-state index in [0.717, 1.165) is 49.8 Å². The van der Waals surface area contributed by atoms with E-state index in [9.17, 15) is 14.4 Å². The molecule has 35 heavy (non-hydrogen) atoms. The van der Waals surface area contributed by atoms with Crippen LogP contribution in [-0.2, 0) is 39.9 Å². The van der Waals surface area contributed by atoms with Crippen molar-refractivity contribution in [2.75, 3.05) is 39.5 Å². The van der Waals surface area contributed by atoms with Crippen LogP contribution >= 0.6 is 0 Å². The van der Waals surface area contributed by atoms with Crippen molar-refractivity contribution in [2.24, 2.45) is 0 Å². The molecule has 190 valence electrons. The van der Waals surface area contributed by atoms with Gasteiger partial charge in [0.2, 0.25) is 12.9 Å². The quantitative estimate of drug-likeness (QED) is 0.406. The number of hydrogen-bond acceptors (Lipinski definition) is 11. The third-order valence-corrected chi connectivity index (χ3v) is 5.78. The van der Waals surface area contributed by atoms with Crippen molar-refractivity contribution in [3.8, 4) is 11.5 Å². The van der Waals surface area contributed by atoms with Gasteiger partial charge in [0.1, 0.15) is 5.76 Å². The summed E-state index contributed by atoms with van der Waals surface area (Å²) in [6, 6.07) is 5.99. The van der Waals surface area contributed by atoms with Crippen LogP contribution in [0, 0.1) is 0 Å². The van der Waals surface area contributed by atoms with Crippen LogP contribution in [0.5, 0.6) is 11.5 Å². The maximum Gasteiger partial charge on any atom is 0.305 e. The molecule has 3 aliphatic heterocycles. The van der Waals surface area contributed by atoms with Gasteiger partial charge in [0.15, 0.2) is 17.6 Å². The number of rotatable bonds is 7. The van der Waals surface area contributed by atoms with Crippen LogP contribution < -0.4 is 9.47 Å². The molecule has 0 saturated carbocycles. The summed E-state index contributed by atoms with van der Waals surface area (Å²) < 4.78 is 32.5. The average Bonchev–Trinajstić information content (AvgIpc) is 3.24. The van der Waals surface area contributed by atoms with Gasteiger partial charge >= 0.3 is 17.9 Å². The highest BCUT2D eigenvalue weighted by molar-refractivity contribution is 5.68. The van der Waals surface area contributed by atoms with Gasteiger partial charge in [0.05, 0.1) is 6.54 Å². The lowest BCUT2D eigenvalue weighted by Crippen LogP contribution is -2.50. The summed E-state index contributed by atoms with van der Waals surface area (Å²) in [5.41, 5.74) is 1.16. The molecule has 3 atom stereocenters. The first kappa shape index (κ1) is 24.8. The molecule has 1 aromatic carbocycles. The van der Waals surface area contributed by atoms with Crippen molar-refractivity contribution in [3.05, 3.63) is 35.6 Å². The van der Waals surface area contributed by atoms with E-state index in [0.29, 0.717) is 12.3 Å². The van der Waals surface area contributed by atoms with Gasteiger partial charge in [0.25, 0.3) is 6.29 Å². The number of ether oxygens (including phenoxy) is 6. The zero-order chi connectivity index (χ0) is 24.9. The minimum Gasteiger partial charge on any atom is -0.454 e. The van der Waals surface area contributed by atoms with Crippen molar-refractivity contribution in [1.29, 1.82) is 0 Å². The second-order valence-electron chi connectivity index (χ2n) is 8.62. The zero-order valence-electron chi connectivity index (χ0n) is 20.1. The van der Waals surface area contributed by atoms with Crippen LogP contribution in [-0.4, -0.2) is 85.7 Å². The number of hydrogen-bond donors (Lipinski definition) is 0. The molecule has 0 amide bonds. The first-order chi connectivity index (χ1) is 16.8. The van der Waals surface area contributed by atoms with Crippen LogP contribution in [0.25, 0.3) is 0 Å². The van der Waals surface area contributed by atoms with Crippen molar-refractivity contribution in [2.45, 2.75) is 45.8 Å². The van der Waals surface area contributed by atoms with E-state index < -0.39 is 36.4 Å². The van der Waals surface area contributed by atoms with Crippen LogP contribution in [0.15, 0.2) is 30.0 Å². The molecule has 0 bridgehead atoms. The van der Waals surface area contributed by atoms with Gasteiger partial charge in [-0.25, -0.2) is 0 Å². The fraction of sp³-hybridized carbons (Fsp3) is 0.542. The van der Waals surface area contributed by atoms with E-state index in [1.807, 2.05) is 18.2 Å². The molecule has 3 aliphatic rings. The Labute approximate surface area is 203 Å². The highest BCUT2D eigenvalue weighted by atomic mass is 16.7. The zero-order valence-corrected chi connectivity index (χ0v) is 20.1. The molecule has 0 unspecified atom stereocenters. The summed E-state index contributed by atoms with van der Waals surface area (Å²) in [4.78, 5) is 39.4. The monoisotopic (exact) mass is 490 g/mol. The minimum atomic E-state index is -1.21. The number of esters is 3. The number of piperazine rings is 1.